The average Bonchev–Trinajstić information content (AvgIpc) is 3.23. The van der Waals surface area contributed by atoms with E-state index in [9.17, 15) is 14.9 Å². The lowest BCUT2D eigenvalue weighted by Crippen LogP contribution is -2.60. The Balaban J connectivity index is 1.47. The molecule has 1 amide bonds. The number of hydrogen-bond acceptors (Lipinski definition) is 7. The maximum atomic E-state index is 13.3. The van der Waals surface area contributed by atoms with Crippen LogP contribution >= 0.6 is 11.3 Å². The highest BCUT2D eigenvalue weighted by Gasteiger charge is 2.62. The molecule has 2 aromatic heterocycles. The molecular weight excluding hydrogens is 368 g/mol. The fraction of sp³-hybridized carbons (Fsp3) is 0.647. The molecule has 4 saturated carbocycles. The van der Waals surface area contributed by atoms with Gasteiger partial charge in [0, 0.05) is 16.2 Å². The molecule has 0 aliphatic heterocycles. The van der Waals surface area contributed by atoms with Gasteiger partial charge in [-0.1, -0.05) is 4.98 Å². The van der Waals surface area contributed by atoms with Crippen molar-refractivity contribution in [2.75, 3.05) is 5.32 Å². The number of amides is 1. The van der Waals surface area contributed by atoms with E-state index >= 15 is 0 Å². The quantitative estimate of drug-likeness (QED) is 0.636. The van der Waals surface area contributed by atoms with E-state index in [0.717, 1.165) is 37.0 Å². The molecule has 0 saturated heterocycles. The third-order valence-corrected chi connectivity index (χ3v) is 7.31. The third kappa shape index (κ3) is 2.57. The fourth-order valence-corrected chi connectivity index (χ4v) is 6.62. The van der Waals surface area contributed by atoms with Crippen LogP contribution in [0, 0.1) is 34.3 Å². The molecule has 2 atom stereocenters. The second-order valence-electron chi connectivity index (χ2n) is 8.44. The number of hydrogen-bond donors (Lipinski definition) is 1. The van der Waals surface area contributed by atoms with Crippen molar-refractivity contribution >= 4 is 28.3 Å². The maximum absolute atomic E-state index is 13.3. The summed E-state index contributed by atoms with van der Waals surface area (Å²) in [6.45, 7) is 1.96. The molecule has 4 bridgehead atoms. The van der Waals surface area contributed by atoms with Crippen molar-refractivity contribution in [1.82, 2.24) is 19.7 Å². The number of nitro groups is 1. The minimum absolute atomic E-state index is 0.0324. The highest BCUT2D eigenvalue weighted by atomic mass is 32.1. The first kappa shape index (κ1) is 16.8. The van der Waals surface area contributed by atoms with Gasteiger partial charge in [-0.3, -0.25) is 4.79 Å². The molecule has 27 heavy (non-hydrogen) atoms. The molecule has 4 aliphatic carbocycles. The van der Waals surface area contributed by atoms with Crippen molar-refractivity contribution < 1.29 is 9.72 Å². The van der Waals surface area contributed by atoms with Gasteiger partial charge < -0.3 is 15.4 Å². The van der Waals surface area contributed by atoms with Crippen LogP contribution in [0.1, 0.15) is 43.4 Å². The predicted molar refractivity (Wildman–Crippen MR) is 97.2 cm³/mol. The summed E-state index contributed by atoms with van der Waals surface area (Å²) < 4.78 is 1.68. The molecule has 10 heteroatoms. The zero-order chi connectivity index (χ0) is 18.8. The number of nitrogens with one attached hydrogen (secondary N) is 1. The van der Waals surface area contributed by atoms with Crippen LogP contribution in [0.15, 0.2) is 12.5 Å². The van der Waals surface area contributed by atoms with Crippen molar-refractivity contribution in [1.29, 1.82) is 0 Å². The molecule has 9 nitrogen and oxygen atoms in total. The molecule has 0 radical (unpaired) electrons. The monoisotopic (exact) mass is 388 g/mol. The second-order valence-corrected chi connectivity index (χ2v) is 9.68. The summed E-state index contributed by atoms with van der Waals surface area (Å²) in [6, 6.07) is 0. The van der Waals surface area contributed by atoms with Crippen molar-refractivity contribution in [2.45, 2.75) is 51.0 Å². The van der Waals surface area contributed by atoms with Gasteiger partial charge in [0.1, 0.15) is 0 Å². The zero-order valence-corrected chi connectivity index (χ0v) is 15.7. The van der Waals surface area contributed by atoms with E-state index in [0.29, 0.717) is 23.4 Å². The first-order chi connectivity index (χ1) is 12.9. The molecule has 4 aliphatic rings. The van der Waals surface area contributed by atoms with Gasteiger partial charge in [-0.25, -0.2) is 4.98 Å². The summed E-state index contributed by atoms with van der Waals surface area (Å²) in [4.78, 5) is 32.9. The number of nitrogens with zero attached hydrogens (tertiary/aromatic N) is 5. The van der Waals surface area contributed by atoms with Crippen LogP contribution in [-0.2, 0) is 10.3 Å². The van der Waals surface area contributed by atoms with Crippen LogP contribution in [0.2, 0.25) is 0 Å². The zero-order valence-electron chi connectivity index (χ0n) is 14.9. The minimum atomic E-state index is -0.565. The number of aryl methyl sites for hydroxylation is 1. The van der Waals surface area contributed by atoms with Gasteiger partial charge in [0.2, 0.25) is 12.2 Å². The smallest absolute Gasteiger partial charge is 0.390 e. The molecule has 2 heterocycles. The van der Waals surface area contributed by atoms with E-state index < -0.39 is 10.3 Å². The fourth-order valence-electron chi connectivity index (χ4n) is 5.96. The van der Waals surface area contributed by atoms with Gasteiger partial charge in [0.05, 0.1) is 11.0 Å². The predicted octanol–water partition coefficient (Wildman–Crippen LogP) is 2.89. The molecule has 6 rings (SSSR count). The molecule has 1 N–H and O–H groups in total. The standard InChI is InChI=1S/C17H20N6O3S/c1-10-7-18-15(27-10)20-13(24)16-3-11-2-12(4-16)6-17(5-11,8-16)22-9-19-14(21-22)23(25)26/h7,9,11-12H,2-6,8H2,1H3,(H,18,20,24)/t11-,12-,16?,17?/m1/s1. The van der Waals surface area contributed by atoms with Crippen LogP contribution in [0.5, 0.6) is 0 Å². The van der Waals surface area contributed by atoms with Crippen LogP contribution in [0.4, 0.5) is 11.1 Å². The SMILES string of the molecule is Cc1cnc(NC(=O)C23C[C@H]4C[C@H](C2)CC(n2cnc([N+](=O)[O-])n2)(C4)C3)s1. The molecule has 0 unspecified atom stereocenters. The topological polar surface area (TPSA) is 116 Å². The maximum Gasteiger partial charge on any atom is 0.490 e. The minimum Gasteiger partial charge on any atom is -0.390 e. The van der Waals surface area contributed by atoms with Gasteiger partial charge in [0.25, 0.3) is 0 Å². The average molecular weight is 388 g/mol. The van der Waals surface area contributed by atoms with E-state index in [1.807, 2.05) is 6.92 Å². The first-order valence-electron chi connectivity index (χ1n) is 9.18. The Bertz CT molecular complexity index is 923. The van der Waals surface area contributed by atoms with E-state index in [-0.39, 0.29) is 17.4 Å². The second kappa shape index (κ2) is 5.57. The van der Waals surface area contributed by atoms with Crippen molar-refractivity contribution in [3.8, 4) is 0 Å². The van der Waals surface area contributed by atoms with E-state index in [4.69, 9.17) is 0 Å². The normalized spacial score (nSPS) is 34.0. The largest absolute Gasteiger partial charge is 0.490 e. The molecule has 0 spiro atoms. The van der Waals surface area contributed by atoms with Crippen LogP contribution in [0.3, 0.4) is 0 Å². The third-order valence-electron chi connectivity index (χ3n) is 6.48. The Morgan fingerprint density at radius 3 is 2.67 bits per heavy atom. The Morgan fingerprint density at radius 2 is 2.07 bits per heavy atom. The number of thiazole rings is 1. The van der Waals surface area contributed by atoms with Crippen molar-refractivity contribution in [2.24, 2.45) is 17.3 Å². The summed E-state index contributed by atoms with van der Waals surface area (Å²) in [6.07, 6.45) is 8.59. The Hall–Kier alpha value is -2.36. The Morgan fingerprint density at radius 1 is 1.33 bits per heavy atom. The summed E-state index contributed by atoms with van der Waals surface area (Å²) in [5.74, 6) is 0.545. The molecule has 142 valence electrons. The van der Waals surface area contributed by atoms with Gasteiger partial charge in [-0.2, -0.15) is 4.68 Å². The van der Waals surface area contributed by atoms with Gasteiger partial charge >= 0.3 is 5.95 Å². The molecule has 0 aromatic carbocycles. The lowest BCUT2D eigenvalue weighted by Gasteiger charge is -2.60. The number of rotatable bonds is 4. The van der Waals surface area contributed by atoms with E-state index in [1.54, 1.807) is 10.9 Å². The Labute approximate surface area is 159 Å². The first-order valence-corrected chi connectivity index (χ1v) is 10.00. The van der Waals surface area contributed by atoms with Gasteiger partial charge in [-0.05, 0) is 62.2 Å². The lowest BCUT2D eigenvalue weighted by atomic mass is 9.46. The molecule has 2 aromatic rings. The van der Waals surface area contributed by atoms with Crippen LogP contribution in [-0.4, -0.2) is 30.6 Å². The lowest BCUT2D eigenvalue weighted by molar-refractivity contribution is -0.394. The molecule has 4 fully saturated rings. The van der Waals surface area contributed by atoms with Crippen molar-refractivity contribution in [3.63, 3.8) is 0 Å². The number of carbonyl (C=O) groups is 1. The number of aromatic nitrogens is 4. The highest BCUT2D eigenvalue weighted by Crippen LogP contribution is 2.64. The highest BCUT2D eigenvalue weighted by molar-refractivity contribution is 7.15. The Kier molecular flexibility index (Phi) is 3.46. The van der Waals surface area contributed by atoms with Crippen LogP contribution in [0.25, 0.3) is 0 Å². The van der Waals surface area contributed by atoms with Gasteiger partial charge in [0.15, 0.2) is 5.13 Å². The van der Waals surface area contributed by atoms with Crippen molar-refractivity contribution in [3.05, 3.63) is 27.5 Å². The molecular formula is C17H20N6O3S. The van der Waals surface area contributed by atoms with Crippen LogP contribution < -0.4 is 5.32 Å². The summed E-state index contributed by atoms with van der Waals surface area (Å²) >= 11 is 1.48. The number of carbonyl (C=O) groups excluding carboxylic acids is 1. The van der Waals surface area contributed by atoms with Gasteiger partial charge in [-0.15, -0.1) is 11.3 Å². The summed E-state index contributed by atoms with van der Waals surface area (Å²) in [5, 5.41) is 18.8. The number of anilines is 1. The summed E-state index contributed by atoms with van der Waals surface area (Å²) in [5.41, 5.74) is -0.800. The summed E-state index contributed by atoms with van der Waals surface area (Å²) in [7, 11) is 0. The van der Waals surface area contributed by atoms with E-state index in [2.05, 4.69) is 20.4 Å². The van der Waals surface area contributed by atoms with E-state index in [1.165, 1.54) is 17.7 Å².